The number of alkyl halides is 3. The first-order valence-corrected chi connectivity index (χ1v) is 9.74. The molecule has 0 aromatic heterocycles. The normalized spacial score (nSPS) is 12.8. The molecule has 8 heteroatoms. The van der Waals surface area contributed by atoms with Crippen LogP contribution in [-0.4, -0.2) is 23.8 Å². The Morgan fingerprint density at radius 1 is 1.00 bits per heavy atom. The number of hydrogen-bond acceptors (Lipinski definition) is 3. The largest absolute Gasteiger partial charge is 0.478 e. The van der Waals surface area contributed by atoms with Gasteiger partial charge in [0.2, 0.25) is 0 Å². The van der Waals surface area contributed by atoms with Gasteiger partial charge in [-0.1, -0.05) is 48.5 Å². The fourth-order valence-corrected chi connectivity index (χ4v) is 3.97. The molecule has 0 heterocycles. The average Bonchev–Trinajstić information content (AvgIpc) is 3.06. The summed E-state index contributed by atoms with van der Waals surface area (Å²) in [5, 5.41) is 11.5. The summed E-state index contributed by atoms with van der Waals surface area (Å²) in [7, 11) is 0. The number of carboxylic acid groups (broad SMARTS) is 1. The van der Waals surface area contributed by atoms with Crippen molar-refractivity contribution < 1.29 is 32.6 Å². The van der Waals surface area contributed by atoms with Crippen LogP contribution in [0.15, 0.2) is 60.7 Å². The number of anilines is 1. The number of carbonyl (C=O) groups excluding carboxylic acids is 1. The van der Waals surface area contributed by atoms with E-state index in [-0.39, 0.29) is 23.8 Å². The zero-order chi connectivity index (χ0) is 23.0. The maximum atomic E-state index is 13.2. The predicted octanol–water partition coefficient (Wildman–Crippen LogP) is 6.07. The summed E-state index contributed by atoms with van der Waals surface area (Å²) in [6.07, 6.45) is -5.74. The Balaban J connectivity index is 1.56. The van der Waals surface area contributed by atoms with E-state index in [9.17, 15) is 27.9 Å². The highest BCUT2D eigenvalue weighted by Gasteiger charge is 2.33. The maximum absolute atomic E-state index is 13.2. The minimum Gasteiger partial charge on any atom is -0.478 e. The highest BCUT2D eigenvalue weighted by Crippen LogP contribution is 2.44. The number of halogens is 3. The lowest BCUT2D eigenvalue weighted by molar-refractivity contribution is -0.137. The van der Waals surface area contributed by atoms with E-state index < -0.39 is 29.4 Å². The first-order valence-electron chi connectivity index (χ1n) is 9.74. The van der Waals surface area contributed by atoms with Crippen molar-refractivity contribution in [3.8, 4) is 11.1 Å². The molecule has 2 N–H and O–H groups in total. The third kappa shape index (κ3) is 3.91. The highest BCUT2D eigenvalue weighted by atomic mass is 19.4. The van der Waals surface area contributed by atoms with Gasteiger partial charge in [-0.3, -0.25) is 5.32 Å². The molecule has 1 aliphatic rings. The van der Waals surface area contributed by atoms with Gasteiger partial charge in [0.25, 0.3) is 0 Å². The van der Waals surface area contributed by atoms with Gasteiger partial charge < -0.3 is 9.84 Å². The molecule has 0 radical (unpaired) electrons. The molecule has 0 saturated heterocycles. The van der Waals surface area contributed by atoms with Gasteiger partial charge in [-0.25, -0.2) is 9.59 Å². The van der Waals surface area contributed by atoms with Crippen LogP contribution in [-0.2, 0) is 10.9 Å². The van der Waals surface area contributed by atoms with E-state index >= 15 is 0 Å². The Morgan fingerprint density at radius 2 is 1.56 bits per heavy atom. The van der Waals surface area contributed by atoms with E-state index in [0.29, 0.717) is 12.1 Å². The molecule has 1 aliphatic carbocycles. The minimum absolute atomic E-state index is 0.000919. The second kappa shape index (κ2) is 8.03. The number of nitrogens with one attached hydrogen (secondary N) is 1. The number of rotatable bonds is 4. The zero-order valence-electron chi connectivity index (χ0n) is 16.9. The molecule has 0 atom stereocenters. The van der Waals surface area contributed by atoms with Gasteiger partial charge in [0, 0.05) is 11.6 Å². The molecule has 32 heavy (non-hydrogen) atoms. The molecule has 0 spiro atoms. The monoisotopic (exact) mass is 441 g/mol. The summed E-state index contributed by atoms with van der Waals surface area (Å²) in [6, 6.07) is 16.7. The fraction of sp³-hybridized carbons (Fsp3) is 0.167. The SMILES string of the molecule is Cc1c(NC(=O)OCC2c3ccccc3-c3ccccc32)cc(C(F)(F)F)cc1C(=O)O. The van der Waals surface area contributed by atoms with Crippen molar-refractivity contribution in [2.45, 2.75) is 19.0 Å². The Labute approximate surface area is 181 Å². The molecule has 0 bridgehead atoms. The van der Waals surface area contributed by atoms with Crippen LogP contribution >= 0.6 is 0 Å². The summed E-state index contributed by atoms with van der Waals surface area (Å²) >= 11 is 0. The standard InChI is InChI=1S/C24H18F3NO4/c1-13-19(22(29)30)10-14(24(25,26)27)11-21(13)28-23(31)32-12-20-17-8-4-2-6-15(17)16-7-3-5-9-18(16)20/h2-11,20H,12H2,1H3,(H,28,31)(H,29,30). The Morgan fingerprint density at radius 3 is 2.09 bits per heavy atom. The average molecular weight is 441 g/mol. The molecular formula is C24H18F3NO4. The molecule has 0 fully saturated rings. The Hall–Kier alpha value is -3.81. The van der Waals surface area contributed by atoms with E-state index in [1.54, 1.807) is 0 Å². The minimum atomic E-state index is -4.77. The van der Waals surface area contributed by atoms with E-state index in [1.807, 2.05) is 48.5 Å². The summed E-state index contributed by atoms with van der Waals surface area (Å²) in [4.78, 5) is 23.8. The Kier molecular flexibility index (Phi) is 5.38. The lowest BCUT2D eigenvalue weighted by Gasteiger charge is -2.17. The van der Waals surface area contributed by atoms with Gasteiger partial charge >= 0.3 is 18.2 Å². The van der Waals surface area contributed by atoms with E-state index in [2.05, 4.69) is 5.32 Å². The predicted molar refractivity (Wildman–Crippen MR) is 112 cm³/mol. The number of amides is 1. The van der Waals surface area contributed by atoms with Crippen LogP contribution in [0.3, 0.4) is 0 Å². The van der Waals surface area contributed by atoms with Crippen molar-refractivity contribution in [2.75, 3.05) is 11.9 Å². The van der Waals surface area contributed by atoms with Crippen molar-refractivity contribution in [1.82, 2.24) is 0 Å². The second-order valence-electron chi connectivity index (χ2n) is 7.45. The summed E-state index contributed by atoms with van der Waals surface area (Å²) in [5.41, 5.74) is 2.07. The van der Waals surface area contributed by atoms with Crippen molar-refractivity contribution in [3.63, 3.8) is 0 Å². The van der Waals surface area contributed by atoms with Gasteiger partial charge in [0.05, 0.1) is 11.1 Å². The van der Waals surface area contributed by atoms with Crippen LogP contribution in [0.2, 0.25) is 0 Å². The van der Waals surface area contributed by atoms with Gasteiger partial charge in [-0.2, -0.15) is 13.2 Å². The highest BCUT2D eigenvalue weighted by molar-refractivity contribution is 5.94. The number of aromatic carboxylic acids is 1. The molecule has 3 aromatic carbocycles. The molecule has 4 rings (SSSR count). The quantitative estimate of drug-likeness (QED) is 0.515. The number of ether oxygens (including phenoxy) is 1. The van der Waals surface area contributed by atoms with Gasteiger partial charge in [-0.05, 0) is 46.9 Å². The number of carbonyl (C=O) groups is 2. The molecular weight excluding hydrogens is 423 g/mol. The van der Waals surface area contributed by atoms with Crippen molar-refractivity contribution in [3.05, 3.63) is 88.5 Å². The van der Waals surface area contributed by atoms with Crippen LogP contribution < -0.4 is 5.32 Å². The molecule has 0 aliphatic heterocycles. The smallest absolute Gasteiger partial charge is 0.416 e. The maximum Gasteiger partial charge on any atom is 0.416 e. The molecule has 3 aromatic rings. The first-order chi connectivity index (χ1) is 15.2. The number of hydrogen-bond donors (Lipinski definition) is 2. The fourth-order valence-electron chi connectivity index (χ4n) is 3.97. The summed E-state index contributed by atoms with van der Waals surface area (Å²) in [5.74, 6) is -1.74. The molecule has 0 unspecified atom stereocenters. The van der Waals surface area contributed by atoms with Crippen LogP contribution in [0.25, 0.3) is 11.1 Å². The number of carboxylic acids is 1. The van der Waals surface area contributed by atoms with Crippen LogP contribution in [0.5, 0.6) is 0 Å². The molecule has 1 amide bonds. The van der Waals surface area contributed by atoms with Gasteiger partial charge in [0.1, 0.15) is 6.61 Å². The van der Waals surface area contributed by atoms with Crippen molar-refractivity contribution >= 4 is 17.7 Å². The Bertz CT molecular complexity index is 1170. The van der Waals surface area contributed by atoms with Crippen LogP contribution in [0, 0.1) is 6.92 Å². The van der Waals surface area contributed by atoms with Gasteiger partial charge in [-0.15, -0.1) is 0 Å². The van der Waals surface area contributed by atoms with E-state index in [0.717, 1.165) is 22.3 Å². The molecule has 164 valence electrons. The lowest BCUT2D eigenvalue weighted by Crippen LogP contribution is -2.20. The lowest BCUT2D eigenvalue weighted by atomic mass is 9.98. The molecule has 5 nitrogen and oxygen atoms in total. The van der Waals surface area contributed by atoms with Gasteiger partial charge in [0.15, 0.2) is 0 Å². The summed E-state index contributed by atoms with van der Waals surface area (Å²) in [6.45, 7) is 1.30. The first kappa shape index (κ1) is 21.4. The van der Waals surface area contributed by atoms with Crippen LogP contribution in [0.4, 0.5) is 23.7 Å². The number of benzene rings is 3. The third-order valence-corrected chi connectivity index (χ3v) is 5.55. The zero-order valence-corrected chi connectivity index (χ0v) is 16.9. The topological polar surface area (TPSA) is 75.6 Å². The van der Waals surface area contributed by atoms with Crippen LogP contribution in [0.1, 0.15) is 38.5 Å². The molecule has 0 saturated carbocycles. The number of fused-ring (bicyclic) bond motifs is 3. The summed E-state index contributed by atoms with van der Waals surface area (Å²) < 4.78 is 44.9. The second-order valence-corrected chi connectivity index (χ2v) is 7.45. The van der Waals surface area contributed by atoms with E-state index in [1.165, 1.54) is 6.92 Å². The van der Waals surface area contributed by atoms with E-state index in [4.69, 9.17) is 4.74 Å². The third-order valence-electron chi connectivity index (χ3n) is 5.55. The van der Waals surface area contributed by atoms with Crippen molar-refractivity contribution in [2.24, 2.45) is 0 Å². The van der Waals surface area contributed by atoms with Crippen molar-refractivity contribution in [1.29, 1.82) is 0 Å².